The van der Waals surface area contributed by atoms with Crippen LogP contribution in [0.15, 0.2) is 46.8 Å². The Morgan fingerprint density at radius 1 is 1.28 bits per heavy atom. The SMILES string of the molecule is CCC1=C(C(=O)O)C(C)(c2cccc([N+](=O)[O-])c2)C(C(=O)O)=C(C)N1CCC#N. The lowest BCUT2D eigenvalue weighted by Crippen LogP contribution is -2.44. The molecule has 29 heavy (non-hydrogen) atoms. The lowest BCUT2D eigenvalue weighted by molar-refractivity contribution is -0.384. The van der Waals surface area contributed by atoms with Crippen molar-refractivity contribution in [1.82, 2.24) is 4.90 Å². The van der Waals surface area contributed by atoms with Crippen LogP contribution in [0.25, 0.3) is 0 Å². The molecule has 1 heterocycles. The third-order valence-corrected chi connectivity index (χ3v) is 5.23. The summed E-state index contributed by atoms with van der Waals surface area (Å²) in [7, 11) is 0. The second-order valence-electron chi connectivity index (χ2n) is 6.74. The van der Waals surface area contributed by atoms with Gasteiger partial charge in [-0.1, -0.05) is 19.1 Å². The predicted molar refractivity (Wildman–Crippen MR) is 103 cm³/mol. The van der Waals surface area contributed by atoms with Gasteiger partial charge in [-0.3, -0.25) is 10.1 Å². The van der Waals surface area contributed by atoms with E-state index in [-0.39, 0.29) is 41.8 Å². The summed E-state index contributed by atoms with van der Waals surface area (Å²) < 4.78 is 0. The van der Waals surface area contributed by atoms with Crippen LogP contribution in [0.2, 0.25) is 0 Å². The fourth-order valence-corrected chi connectivity index (χ4v) is 4.00. The molecule has 152 valence electrons. The Morgan fingerprint density at radius 2 is 1.90 bits per heavy atom. The normalized spacial score (nSPS) is 19.2. The number of benzene rings is 1. The van der Waals surface area contributed by atoms with Crippen molar-refractivity contribution in [2.75, 3.05) is 6.54 Å². The summed E-state index contributed by atoms with van der Waals surface area (Å²) in [6, 6.07) is 7.34. The number of carboxylic acids is 2. The van der Waals surface area contributed by atoms with E-state index < -0.39 is 22.3 Å². The molecule has 1 aliphatic heterocycles. The molecule has 0 bridgehead atoms. The van der Waals surface area contributed by atoms with E-state index in [1.54, 1.807) is 18.7 Å². The van der Waals surface area contributed by atoms with E-state index in [1.165, 1.54) is 31.2 Å². The van der Waals surface area contributed by atoms with E-state index in [4.69, 9.17) is 5.26 Å². The van der Waals surface area contributed by atoms with Gasteiger partial charge >= 0.3 is 11.9 Å². The minimum absolute atomic E-state index is 0.0775. The highest BCUT2D eigenvalue weighted by Crippen LogP contribution is 2.48. The summed E-state index contributed by atoms with van der Waals surface area (Å²) in [6.45, 7) is 4.90. The molecule has 1 aromatic rings. The average Bonchev–Trinajstić information content (AvgIpc) is 2.66. The number of carbonyl (C=O) groups is 2. The van der Waals surface area contributed by atoms with E-state index in [0.29, 0.717) is 11.4 Å². The summed E-state index contributed by atoms with van der Waals surface area (Å²) in [5.74, 6) is -2.64. The van der Waals surface area contributed by atoms with E-state index >= 15 is 0 Å². The van der Waals surface area contributed by atoms with Crippen molar-refractivity contribution in [3.63, 3.8) is 0 Å². The standard InChI is InChI=1S/C20H21N3O6/c1-4-15-17(19(26)27)20(3,13-7-5-8-14(11-13)23(28)29)16(18(24)25)12(2)22(15)10-6-9-21/h5,7-8,11H,4,6,10H2,1-3H3,(H,24,25)(H,26,27). The highest BCUT2D eigenvalue weighted by molar-refractivity contribution is 6.00. The molecule has 1 aromatic carbocycles. The maximum Gasteiger partial charge on any atom is 0.334 e. The van der Waals surface area contributed by atoms with Crippen LogP contribution in [0.3, 0.4) is 0 Å². The Labute approximate surface area is 167 Å². The molecule has 1 aliphatic rings. The Kier molecular flexibility index (Phi) is 6.07. The maximum atomic E-state index is 12.3. The van der Waals surface area contributed by atoms with Crippen LogP contribution in [0.5, 0.6) is 0 Å². The molecule has 1 unspecified atom stereocenters. The Morgan fingerprint density at radius 3 is 2.38 bits per heavy atom. The number of hydrogen-bond acceptors (Lipinski definition) is 6. The van der Waals surface area contributed by atoms with E-state index in [2.05, 4.69) is 0 Å². The molecule has 9 heteroatoms. The van der Waals surface area contributed by atoms with Gasteiger partial charge in [-0.05, 0) is 25.8 Å². The first-order valence-electron chi connectivity index (χ1n) is 8.92. The summed E-state index contributed by atoms with van der Waals surface area (Å²) >= 11 is 0. The Bertz CT molecular complexity index is 988. The zero-order valence-corrected chi connectivity index (χ0v) is 16.3. The summed E-state index contributed by atoms with van der Waals surface area (Å²) in [6.07, 6.45) is 0.357. The molecule has 0 saturated carbocycles. The number of non-ortho nitro benzene ring substituents is 1. The fraction of sp³-hybridized carbons (Fsp3) is 0.350. The molecule has 2 rings (SSSR count). The first-order chi connectivity index (χ1) is 13.6. The first kappa shape index (κ1) is 21.6. The quantitative estimate of drug-likeness (QED) is 0.525. The second kappa shape index (κ2) is 8.14. The molecule has 0 fully saturated rings. The zero-order chi connectivity index (χ0) is 21.9. The molecule has 0 radical (unpaired) electrons. The molecule has 0 aliphatic carbocycles. The van der Waals surface area contributed by atoms with Crippen LogP contribution in [-0.4, -0.2) is 38.5 Å². The van der Waals surface area contributed by atoms with Gasteiger partial charge in [-0.2, -0.15) is 5.26 Å². The molecule has 0 amide bonds. The number of hydrogen-bond donors (Lipinski definition) is 2. The third kappa shape index (κ3) is 3.57. The lowest BCUT2D eigenvalue weighted by atomic mass is 9.66. The number of nitrogens with zero attached hydrogens (tertiary/aromatic N) is 3. The largest absolute Gasteiger partial charge is 0.478 e. The number of rotatable bonds is 7. The lowest BCUT2D eigenvalue weighted by Gasteiger charge is -2.43. The number of allylic oxidation sites excluding steroid dienone is 2. The molecule has 2 N–H and O–H groups in total. The fourth-order valence-electron chi connectivity index (χ4n) is 4.00. The summed E-state index contributed by atoms with van der Waals surface area (Å²) in [4.78, 5) is 36.8. The van der Waals surface area contributed by atoms with Gasteiger partial charge in [0.2, 0.25) is 0 Å². The monoisotopic (exact) mass is 399 g/mol. The molecule has 9 nitrogen and oxygen atoms in total. The Balaban J connectivity index is 2.93. The number of nitriles is 1. The topological polar surface area (TPSA) is 145 Å². The molecule has 0 saturated heterocycles. The molecule has 0 aromatic heterocycles. The minimum atomic E-state index is -1.62. The molecular weight excluding hydrogens is 378 g/mol. The van der Waals surface area contributed by atoms with Gasteiger partial charge in [0, 0.05) is 30.1 Å². The van der Waals surface area contributed by atoms with Crippen molar-refractivity contribution in [1.29, 1.82) is 5.26 Å². The zero-order valence-electron chi connectivity index (χ0n) is 16.3. The number of nitro groups is 1. The smallest absolute Gasteiger partial charge is 0.334 e. The van der Waals surface area contributed by atoms with Gasteiger partial charge in [-0.25, -0.2) is 9.59 Å². The first-order valence-corrected chi connectivity index (χ1v) is 8.92. The molecular formula is C20H21N3O6. The van der Waals surface area contributed by atoms with E-state index in [1.807, 2.05) is 6.07 Å². The van der Waals surface area contributed by atoms with Crippen molar-refractivity contribution in [2.24, 2.45) is 0 Å². The second-order valence-corrected chi connectivity index (χ2v) is 6.74. The van der Waals surface area contributed by atoms with Crippen molar-refractivity contribution in [3.05, 3.63) is 62.5 Å². The Hall–Kier alpha value is -3.67. The summed E-state index contributed by atoms with van der Waals surface area (Å²) in [5.41, 5.74) is -1.35. The summed E-state index contributed by atoms with van der Waals surface area (Å²) in [5, 5.41) is 40.2. The maximum absolute atomic E-state index is 12.3. The van der Waals surface area contributed by atoms with Crippen LogP contribution in [0.4, 0.5) is 5.69 Å². The van der Waals surface area contributed by atoms with Crippen LogP contribution in [0, 0.1) is 21.4 Å². The minimum Gasteiger partial charge on any atom is -0.478 e. The molecule has 1 atom stereocenters. The third-order valence-electron chi connectivity index (χ3n) is 5.23. The number of carboxylic acid groups (broad SMARTS) is 2. The van der Waals surface area contributed by atoms with Gasteiger partial charge in [0.15, 0.2) is 0 Å². The van der Waals surface area contributed by atoms with Crippen LogP contribution >= 0.6 is 0 Å². The van der Waals surface area contributed by atoms with Crippen molar-refractivity contribution < 1.29 is 24.7 Å². The van der Waals surface area contributed by atoms with Gasteiger partial charge in [0.1, 0.15) is 0 Å². The van der Waals surface area contributed by atoms with Crippen molar-refractivity contribution in [3.8, 4) is 6.07 Å². The van der Waals surface area contributed by atoms with Gasteiger partial charge in [0.25, 0.3) is 5.69 Å². The van der Waals surface area contributed by atoms with Crippen LogP contribution < -0.4 is 0 Å². The highest BCUT2D eigenvalue weighted by atomic mass is 16.6. The van der Waals surface area contributed by atoms with Crippen LogP contribution in [-0.2, 0) is 15.0 Å². The van der Waals surface area contributed by atoms with E-state index in [9.17, 15) is 29.9 Å². The number of nitro benzene ring substituents is 1. The van der Waals surface area contributed by atoms with E-state index in [0.717, 1.165) is 0 Å². The van der Waals surface area contributed by atoms with Gasteiger partial charge in [-0.15, -0.1) is 0 Å². The number of aliphatic carboxylic acids is 2. The van der Waals surface area contributed by atoms with Gasteiger partial charge in [0.05, 0.1) is 34.0 Å². The van der Waals surface area contributed by atoms with Gasteiger partial charge < -0.3 is 15.1 Å². The average molecular weight is 399 g/mol. The molecule has 0 spiro atoms. The van der Waals surface area contributed by atoms with Crippen molar-refractivity contribution in [2.45, 2.75) is 39.0 Å². The predicted octanol–water partition coefficient (Wildman–Crippen LogP) is 3.19. The highest BCUT2D eigenvalue weighted by Gasteiger charge is 2.49. The van der Waals surface area contributed by atoms with Crippen LogP contribution in [0.1, 0.15) is 39.2 Å². The van der Waals surface area contributed by atoms with Crippen molar-refractivity contribution >= 4 is 17.6 Å².